The van der Waals surface area contributed by atoms with Crippen molar-refractivity contribution in [3.8, 4) is 11.5 Å². The Labute approximate surface area is 109 Å². The lowest BCUT2D eigenvalue weighted by molar-refractivity contribution is 0.500. The Morgan fingerprint density at radius 3 is 2.88 bits per heavy atom. The highest BCUT2D eigenvalue weighted by Crippen LogP contribution is 2.24. The van der Waals surface area contributed by atoms with Crippen molar-refractivity contribution in [2.24, 2.45) is 0 Å². The Morgan fingerprint density at radius 2 is 2.18 bits per heavy atom. The molecule has 0 saturated heterocycles. The van der Waals surface area contributed by atoms with Gasteiger partial charge in [-0.25, -0.2) is 0 Å². The van der Waals surface area contributed by atoms with Crippen molar-refractivity contribution in [1.82, 2.24) is 15.5 Å². The normalized spacial score (nSPS) is 10.8. The van der Waals surface area contributed by atoms with Crippen LogP contribution < -0.4 is 5.32 Å². The van der Waals surface area contributed by atoms with Crippen LogP contribution in [0.2, 0.25) is 0 Å². The number of halogens is 1. The zero-order valence-corrected chi connectivity index (χ0v) is 11.4. The van der Waals surface area contributed by atoms with Gasteiger partial charge in [0.05, 0.1) is 0 Å². The summed E-state index contributed by atoms with van der Waals surface area (Å²) >= 11 is 3.49. The molecule has 1 heterocycles. The molecule has 1 aromatic carbocycles. The molecule has 90 valence electrons. The number of benzene rings is 1. The van der Waals surface area contributed by atoms with Crippen LogP contribution in [0.3, 0.4) is 0 Å². The van der Waals surface area contributed by atoms with Crippen LogP contribution in [0.25, 0.3) is 11.5 Å². The first-order valence-electron chi connectivity index (χ1n) is 5.44. The van der Waals surface area contributed by atoms with Crippen LogP contribution in [0.5, 0.6) is 0 Å². The monoisotopic (exact) mass is 295 g/mol. The summed E-state index contributed by atoms with van der Waals surface area (Å²) < 4.78 is 6.63. The maximum atomic E-state index is 5.58. The van der Waals surface area contributed by atoms with E-state index in [1.807, 2.05) is 32.2 Å². The Balaban J connectivity index is 2.21. The highest BCUT2D eigenvalue weighted by Gasteiger charge is 2.09. The smallest absolute Gasteiger partial charge is 0.247 e. The van der Waals surface area contributed by atoms with Gasteiger partial charge in [-0.2, -0.15) is 0 Å². The lowest BCUT2D eigenvalue weighted by atomic mass is 10.1. The molecule has 0 atom stereocenters. The van der Waals surface area contributed by atoms with Crippen molar-refractivity contribution in [1.29, 1.82) is 0 Å². The van der Waals surface area contributed by atoms with E-state index < -0.39 is 0 Å². The second kappa shape index (κ2) is 5.42. The molecule has 0 spiro atoms. The first kappa shape index (κ1) is 12.3. The molecule has 0 aliphatic rings. The fraction of sp³-hybridized carbons (Fsp3) is 0.333. The third-order valence-electron chi connectivity index (χ3n) is 2.47. The molecule has 0 aliphatic carbocycles. The Bertz CT molecular complexity index is 510. The zero-order valence-electron chi connectivity index (χ0n) is 9.83. The molecular formula is C12H14BrN3O. The Kier molecular flexibility index (Phi) is 3.91. The molecule has 17 heavy (non-hydrogen) atoms. The van der Waals surface area contributed by atoms with Crippen LogP contribution in [0, 0.1) is 6.92 Å². The third kappa shape index (κ3) is 2.92. The highest BCUT2D eigenvalue weighted by molar-refractivity contribution is 9.10. The molecule has 2 rings (SSSR count). The second-order valence-corrected chi connectivity index (χ2v) is 4.67. The number of aryl methyl sites for hydroxylation is 1. The average Bonchev–Trinajstić information content (AvgIpc) is 2.79. The van der Waals surface area contributed by atoms with Gasteiger partial charge in [-0.05, 0) is 31.7 Å². The summed E-state index contributed by atoms with van der Waals surface area (Å²) in [6.45, 7) is 2.87. The van der Waals surface area contributed by atoms with Gasteiger partial charge in [0.15, 0.2) is 0 Å². The maximum absolute atomic E-state index is 5.58. The first-order chi connectivity index (χ1) is 8.20. The van der Waals surface area contributed by atoms with Crippen LogP contribution in [0.4, 0.5) is 0 Å². The molecule has 0 bridgehead atoms. The van der Waals surface area contributed by atoms with E-state index in [1.54, 1.807) is 0 Å². The fourth-order valence-electron chi connectivity index (χ4n) is 1.43. The maximum Gasteiger partial charge on any atom is 0.247 e. The van der Waals surface area contributed by atoms with E-state index in [0.717, 1.165) is 23.0 Å². The first-order valence-corrected chi connectivity index (χ1v) is 6.23. The summed E-state index contributed by atoms with van der Waals surface area (Å²) in [4.78, 5) is 0. The van der Waals surface area contributed by atoms with Gasteiger partial charge < -0.3 is 9.73 Å². The topological polar surface area (TPSA) is 51.0 Å². The van der Waals surface area contributed by atoms with Crippen molar-refractivity contribution in [2.45, 2.75) is 13.3 Å². The molecule has 0 amide bonds. The van der Waals surface area contributed by atoms with Crippen LogP contribution in [0.15, 0.2) is 27.1 Å². The standard InChI is InChI=1S/C12H14BrN3O/c1-8-3-4-9(7-10(8)13)12-16-15-11(17-12)5-6-14-2/h3-4,7,14H,5-6H2,1-2H3. The molecule has 0 radical (unpaired) electrons. The molecule has 0 saturated carbocycles. The van der Waals surface area contributed by atoms with Crippen LogP contribution in [-0.4, -0.2) is 23.8 Å². The summed E-state index contributed by atoms with van der Waals surface area (Å²) in [6.07, 6.45) is 0.747. The molecule has 2 aromatic rings. The molecule has 0 aliphatic heterocycles. The minimum atomic E-state index is 0.566. The molecule has 1 aromatic heterocycles. The SMILES string of the molecule is CNCCc1nnc(-c2ccc(C)c(Br)c2)o1. The minimum absolute atomic E-state index is 0.566. The summed E-state index contributed by atoms with van der Waals surface area (Å²) in [7, 11) is 1.90. The molecule has 1 N–H and O–H groups in total. The number of hydrogen-bond donors (Lipinski definition) is 1. The van der Waals surface area contributed by atoms with Crippen LogP contribution in [0.1, 0.15) is 11.5 Å². The number of rotatable bonds is 4. The van der Waals surface area contributed by atoms with Crippen molar-refractivity contribution < 1.29 is 4.42 Å². The zero-order chi connectivity index (χ0) is 12.3. The van der Waals surface area contributed by atoms with E-state index in [1.165, 1.54) is 5.56 Å². The molecule has 4 nitrogen and oxygen atoms in total. The second-order valence-electron chi connectivity index (χ2n) is 3.82. The van der Waals surface area contributed by atoms with Gasteiger partial charge in [-0.15, -0.1) is 10.2 Å². The number of nitrogens with zero attached hydrogens (tertiary/aromatic N) is 2. The summed E-state index contributed by atoms with van der Waals surface area (Å²) in [5, 5.41) is 11.1. The van der Waals surface area contributed by atoms with Crippen molar-refractivity contribution in [2.75, 3.05) is 13.6 Å². The summed E-state index contributed by atoms with van der Waals surface area (Å²) in [6, 6.07) is 6.00. The Hall–Kier alpha value is -1.20. The highest BCUT2D eigenvalue weighted by atomic mass is 79.9. The van der Waals surface area contributed by atoms with Gasteiger partial charge in [0, 0.05) is 23.0 Å². The van der Waals surface area contributed by atoms with Crippen molar-refractivity contribution >= 4 is 15.9 Å². The average molecular weight is 296 g/mol. The number of aromatic nitrogens is 2. The molecular weight excluding hydrogens is 282 g/mol. The van der Waals surface area contributed by atoms with E-state index in [2.05, 4.69) is 31.4 Å². The van der Waals surface area contributed by atoms with Crippen molar-refractivity contribution in [3.05, 3.63) is 34.1 Å². The van der Waals surface area contributed by atoms with Gasteiger partial charge in [-0.3, -0.25) is 0 Å². The lowest BCUT2D eigenvalue weighted by Gasteiger charge is -1.99. The van der Waals surface area contributed by atoms with Gasteiger partial charge >= 0.3 is 0 Å². The van der Waals surface area contributed by atoms with Gasteiger partial charge in [0.25, 0.3) is 0 Å². The fourth-order valence-corrected chi connectivity index (χ4v) is 1.81. The van der Waals surface area contributed by atoms with E-state index in [4.69, 9.17) is 4.42 Å². The number of nitrogens with one attached hydrogen (secondary N) is 1. The van der Waals surface area contributed by atoms with Crippen LogP contribution in [-0.2, 0) is 6.42 Å². The van der Waals surface area contributed by atoms with Gasteiger partial charge in [0.2, 0.25) is 11.8 Å². The molecule has 5 heteroatoms. The summed E-state index contributed by atoms with van der Waals surface area (Å²) in [5.74, 6) is 1.22. The molecule has 0 unspecified atom stereocenters. The number of likely N-dealkylation sites (N-methyl/N-ethyl adjacent to an activating group) is 1. The van der Waals surface area contributed by atoms with E-state index >= 15 is 0 Å². The van der Waals surface area contributed by atoms with Crippen molar-refractivity contribution in [3.63, 3.8) is 0 Å². The van der Waals surface area contributed by atoms with E-state index in [9.17, 15) is 0 Å². The van der Waals surface area contributed by atoms with E-state index in [-0.39, 0.29) is 0 Å². The molecule has 0 fully saturated rings. The predicted octanol–water partition coefficient (Wildman–Crippen LogP) is 2.57. The lowest BCUT2D eigenvalue weighted by Crippen LogP contribution is -2.10. The van der Waals surface area contributed by atoms with E-state index in [0.29, 0.717) is 11.8 Å². The third-order valence-corrected chi connectivity index (χ3v) is 3.33. The van der Waals surface area contributed by atoms with Gasteiger partial charge in [0.1, 0.15) is 0 Å². The predicted molar refractivity (Wildman–Crippen MR) is 69.8 cm³/mol. The van der Waals surface area contributed by atoms with Crippen LogP contribution >= 0.6 is 15.9 Å². The quantitative estimate of drug-likeness (QED) is 0.942. The summed E-state index contributed by atoms with van der Waals surface area (Å²) in [5.41, 5.74) is 2.12. The Morgan fingerprint density at radius 1 is 1.35 bits per heavy atom. The largest absolute Gasteiger partial charge is 0.421 e. The minimum Gasteiger partial charge on any atom is -0.421 e. The van der Waals surface area contributed by atoms with Gasteiger partial charge in [-0.1, -0.05) is 22.0 Å². The number of hydrogen-bond acceptors (Lipinski definition) is 4.